The standard InChI is InChI=1S/C10H7F3N2O3/c11-4-1-2-5(8(13)7(4)12)14-9(16)6-3-18-10(17)15-6/h1-2,6H,3H2,(H,14,16)(H,15,17). The lowest BCUT2D eigenvalue weighted by molar-refractivity contribution is -0.117. The number of ether oxygens (including phenoxy) is 1. The van der Waals surface area contributed by atoms with Crippen LogP contribution in [0.15, 0.2) is 12.1 Å². The number of carbonyl (C=O) groups is 2. The maximum Gasteiger partial charge on any atom is 0.407 e. The Morgan fingerprint density at radius 2 is 2.06 bits per heavy atom. The van der Waals surface area contributed by atoms with E-state index in [9.17, 15) is 22.8 Å². The highest BCUT2D eigenvalue weighted by Gasteiger charge is 2.29. The molecule has 1 atom stereocenters. The second-order valence-electron chi connectivity index (χ2n) is 3.51. The van der Waals surface area contributed by atoms with Crippen LogP contribution < -0.4 is 10.6 Å². The van der Waals surface area contributed by atoms with Gasteiger partial charge in [0.2, 0.25) is 0 Å². The number of nitrogens with one attached hydrogen (secondary N) is 2. The van der Waals surface area contributed by atoms with Gasteiger partial charge in [-0.05, 0) is 12.1 Å². The first-order valence-corrected chi connectivity index (χ1v) is 4.86. The van der Waals surface area contributed by atoms with Gasteiger partial charge < -0.3 is 15.4 Å². The Morgan fingerprint density at radius 1 is 1.33 bits per heavy atom. The van der Waals surface area contributed by atoms with Crippen molar-refractivity contribution in [3.05, 3.63) is 29.6 Å². The fraction of sp³-hybridized carbons (Fsp3) is 0.200. The zero-order chi connectivity index (χ0) is 13.3. The molecule has 0 aliphatic carbocycles. The molecule has 0 aromatic heterocycles. The van der Waals surface area contributed by atoms with E-state index in [1.165, 1.54) is 0 Å². The van der Waals surface area contributed by atoms with Crippen molar-refractivity contribution in [1.82, 2.24) is 5.32 Å². The van der Waals surface area contributed by atoms with Crippen molar-refractivity contribution >= 4 is 17.7 Å². The van der Waals surface area contributed by atoms with Crippen LogP contribution in [0.3, 0.4) is 0 Å². The summed E-state index contributed by atoms with van der Waals surface area (Å²) < 4.78 is 43.2. The summed E-state index contributed by atoms with van der Waals surface area (Å²) in [5.41, 5.74) is -0.514. The Hall–Kier alpha value is -2.25. The molecule has 1 aromatic carbocycles. The lowest BCUT2D eigenvalue weighted by Gasteiger charge is -2.10. The number of benzene rings is 1. The van der Waals surface area contributed by atoms with Gasteiger partial charge in [0, 0.05) is 0 Å². The van der Waals surface area contributed by atoms with E-state index in [0.717, 1.165) is 6.07 Å². The third-order valence-electron chi connectivity index (χ3n) is 2.28. The lowest BCUT2D eigenvalue weighted by Crippen LogP contribution is -2.38. The van der Waals surface area contributed by atoms with Gasteiger partial charge in [-0.3, -0.25) is 4.79 Å². The average molecular weight is 260 g/mol. The van der Waals surface area contributed by atoms with Gasteiger partial charge >= 0.3 is 6.09 Å². The molecule has 0 bridgehead atoms. The Morgan fingerprint density at radius 3 is 2.67 bits per heavy atom. The van der Waals surface area contributed by atoms with Gasteiger partial charge in [-0.15, -0.1) is 0 Å². The number of cyclic esters (lactones) is 1. The number of carbonyl (C=O) groups excluding carboxylic acids is 2. The summed E-state index contributed by atoms with van der Waals surface area (Å²) >= 11 is 0. The fourth-order valence-corrected chi connectivity index (χ4v) is 1.37. The van der Waals surface area contributed by atoms with Crippen LogP contribution in [-0.4, -0.2) is 24.6 Å². The van der Waals surface area contributed by atoms with E-state index in [1.54, 1.807) is 0 Å². The van der Waals surface area contributed by atoms with Crippen molar-refractivity contribution in [1.29, 1.82) is 0 Å². The van der Waals surface area contributed by atoms with Crippen LogP contribution >= 0.6 is 0 Å². The molecule has 1 saturated heterocycles. The summed E-state index contributed by atoms with van der Waals surface area (Å²) in [7, 11) is 0. The van der Waals surface area contributed by atoms with Crippen molar-refractivity contribution in [3.63, 3.8) is 0 Å². The molecule has 1 heterocycles. The van der Waals surface area contributed by atoms with Crippen LogP contribution in [0, 0.1) is 17.5 Å². The first kappa shape index (κ1) is 12.2. The second-order valence-corrected chi connectivity index (χ2v) is 3.51. The molecule has 1 aliphatic heterocycles. The van der Waals surface area contributed by atoms with Gasteiger partial charge in [0.15, 0.2) is 17.5 Å². The van der Waals surface area contributed by atoms with Crippen molar-refractivity contribution in [2.75, 3.05) is 11.9 Å². The minimum atomic E-state index is -1.68. The van der Waals surface area contributed by atoms with Gasteiger partial charge in [-0.2, -0.15) is 0 Å². The number of hydrogen-bond acceptors (Lipinski definition) is 3. The Kier molecular flexibility index (Phi) is 3.09. The zero-order valence-corrected chi connectivity index (χ0v) is 8.80. The van der Waals surface area contributed by atoms with Crippen molar-refractivity contribution in [2.45, 2.75) is 6.04 Å². The van der Waals surface area contributed by atoms with Crippen molar-refractivity contribution in [3.8, 4) is 0 Å². The molecule has 18 heavy (non-hydrogen) atoms. The van der Waals surface area contributed by atoms with Gasteiger partial charge in [0.1, 0.15) is 12.6 Å². The molecule has 5 nitrogen and oxygen atoms in total. The first-order valence-electron chi connectivity index (χ1n) is 4.86. The van der Waals surface area contributed by atoms with Crippen molar-refractivity contribution in [2.24, 2.45) is 0 Å². The van der Waals surface area contributed by atoms with Crippen LogP contribution in [0.5, 0.6) is 0 Å². The summed E-state index contributed by atoms with van der Waals surface area (Å²) in [6.45, 7) is -0.212. The molecular weight excluding hydrogens is 253 g/mol. The largest absolute Gasteiger partial charge is 0.447 e. The molecule has 1 aromatic rings. The Bertz CT molecular complexity index is 521. The SMILES string of the molecule is O=C1NC(C(=O)Nc2ccc(F)c(F)c2F)CO1. The predicted molar refractivity (Wildman–Crippen MR) is 53.2 cm³/mol. The molecule has 96 valence electrons. The summed E-state index contributed by atoms with van der Waals surface area (Å²) in [4.78, 5) is 22.2. The number of alkyl carbamates (subject to hydrolysis) is 1. The average Bonchev–Trinajstić information content (AvgIpc) is 2.77. The molecule has 0 radical (unpaired) electrons. The van der Waals surface area contributed by atoms with Gasteiger partial charge in [0.25, 0.3) is 5.91 Å². The lowest BCUT2D eigenvalue weighted by atomic mass is 10.2. The van der Waals surface area contributed by atoms with E-state index in [-0.39, 0.29) is 6.61 Å². The number of amides is 2. The van der Waals surface area contributed by atoms with Crippen LogP contribution in [0.25, 0.3) is 0 Å². The number of hydrogen-bond donors (Lipinski definition) is 2. The minimum absolute atomic E-state index is 0.212. The van der Waals surface area contributed by atoms with E-state index in [1.807, 2.05) is 5.32 Å². The summed E-state index contributed by atoms with van der Waals surface area (Å²) in [5.74, 6) is -5.33. The van der Waals surface area contributed by atoms with E-state index in [0.29, 0.717) is 6.07 Å². The normalized spacial score (nSPS) is 18.2. The van der Waals surface area contributed by atoms with Crippen LogP contribution in [0.1, 0.15) is 0 Å². The van der Waals surface area contributed by atoms with Crippen LogP contribution in [0.2, 0.25) is 0 Å². The molecule has 1 fully saturated rings. The van der Waals surface area contributed by atoms with Gasteiger partial charge in [0.05, 0.1) is 5.69 Å². The highest BCUT2D eigenvalue weighted by Crippen LogP contribution is 2.19. The Labute approximate surface area is 98.9 Å². The molecule has 8 heteroatoms. The van der Waals surface area contributed by atoms with E-state index in [4.69, 9.17) is 0 Å². The first-order chi connectivity index (χ1) is 8.49. The van der Waals surface area contributed by atoms with Gasteiger partial charge in [-0.1, -0.05) is 0 Å². The smallest absolute Gasteiger partial charge is 0.407 e. The van der Waals surface area contributed by atoms with Crippen LogP contribution in [0.4, 0.5) is 23.7 Å². The van der Waals surface area contributed by atoms with E-state index < -0.39 is 41.2 Å². The molecule has 1 unspecified atom stereocenters. The second kappa shape index (κ2) is 4.55. The molecule has 2 rings (SSSR count). The molecule has 2 amide bonds. The Balaban J connectivity index is 2.12. The van der Waals surface area contributed by atoms with Gasteiger partial charge in [-0.25, -0.2) is 18.0 Å². The third-order valence-corrected chi connectivity index (χ3v) is 2.28. The molecule has 0 spiro atoms. The number of halogens is 3. The zero-order valence-electron chi connectivity index (χ0n) is 8.80. The monoisotopic (exact) mass is 260 g/mol. The summed E-state index contributed by atoms with van der Waals surface area (Å²) in [6, 6.07) is 0.561. The number of rotatable bonds is 2. The summed E-state index contributed by atoms with van der Waals surface area (Å²) in [5, 5.41) is 4.18. The minimum Gasteiger partial charge on any atom is -0.447 e. The van der Waals surface area contributed by atoms with E-state index in [2.05, 4.69) is 10.1 Å². The molecule has 1 aliphatic rings. The maximum atomic E-state index is 13.2. The molecular formula is C10H7F3N2O3. The molecule has 2 N–H and O–H groups in total. The summed E-state index contributed by atoms with van der Waals surface area (Å²) in [6.07, 6.45) is -0.777. The predicted octanol–water partition coefficient (Wildman–Crippen LogP) is 1.15. The van der Waals surface area contributed by atoms with E-state index >= 15 is 0 Å². The number of anilines is 1. The fourth-order valence-electron chi connectivity index (χ4n) is 1.37. The van der Waals surface area contributed by atoms with Crippen molar-refractivity contribution < 1.29 is 27.5 Å². The topological polar surface area (TPSA) is 67.4 Å². The van der Waals surface area contributed by atoms with Crippen LogP contribution in [-0.2, 0) is 9.53 Å². The maximum absolute atomic E-state index is 13.2. The molecule has 0 saturated carbocycles. The quantitative estimate of drug-likeness (QED) is 0.784. The third kappa shape index (κ3) is 2.22. The highest BCUT2D eigenvalue weighted by molar-refractivity contribution is 5.97. The highest BCUT2D eigenvalue weighted by atomic mass is 19.2.